The molecule has 0 spiro atoms. The molecule has 0 radical (unpaired) electrons. The average Bonchev–Trinajstić information content (AvgIpc) is 3.32. The Bertz CT molecular complexity index is 931. The first-order valence-corrected chi connectivity index (χ1v) is 8.86. The Morgan fingerprint density at radius 2 is 2.04 bits per heavy atom. The third kappa shape index (κ3) is 3.83. The molecule has 0 saturated carbocycles. The van der Waals surface area contributed by atoms with Gasteiger partial charge in [0.05, 0.1) is 25.0 Å². The molecule has 134 valence electrons. The summed E-state index contributed by atoms with van der Waals surface area (Å²) in [5.74, 6) is -0.256. The second-order valence-corrected chi connectivity index (χ2v) is 6.68. The molecule has 0 bridgehead atoms. The van der Waals surface area contributed by atoms with Gasteiger partial charge in [-0.1, -0.05) is 0 Å². The van der Waals surface area contributed by atoms with Gasteiger partial charge < -0.3 is 14.5 Å². The molecule has 1 N–H and O–H groups in total. The van der Waals surface area contributed by atoms with Gasteiger partial charge in [-0.05, 0) is 44.2 Å². The third-order valence-corrected chi connectivity index (χ3v) is 4.92. The van der Waals surface area contributed by atoms with Gasteiger partial charge in [-0.25, -0.2) is 9.78 Å². The molecule has 1 unspecified atom stereocenters. The van der Waals surface area contributed by atoms with E-state index in [0.717, 1.165) is 10.7 Å². The molecule has 0 fully saturated rings. The summed E-state index contributed by atoms with van der Waals surface area (Å²) < 4.78 is 10.2. The van der Waals surface area contributed by atoms with Gasteiger partial charge in [0.1, 0.15) is 10.8 Å². The summed E-state index contributed by atoms with van der Waals surface area (Å²) >= 11 is 1.49. The fourth-order valence-electron chi connectivity index (χ4n) is 2.49. The first-order valence-electron chi connectivity index (χ1n) is 7.98. The molecule has 0 aliphatic rings. The summed E-state index contributed by atoms with van der Waals surface area (Å²) in [5, 5.41) is 5.67. The van der Waals surface area contributed by atoms with Crippen LogP contribution in [0.4, 0.5) is 0 Å². The summed E-state index contributed by atoms with van der Waals surface area (Å²) in [5.41, 5.74) is 2.17. The number of esters is 1. The minimum atomic E-state index is -0.518. The highest BCUT2D eigenvalue weighted by Gasteiger charge is 2.18. The van der Waals surface area contributed by atoms with Crippen molar-refractivity contribution in [3.8, 4) is 11.3 Å². The number of nitrogens with zero attached hydrogens (tertiary/aromatic N) is 1. The number of aromatic nitrogens is 1. The zero-order chi connectivity index (χ0) is 18.7. The zero-order valence-electron chi connectivity index (χ0n) is 14.6. The number of nitrogens with one attached hydrogen (secondary N) is 1. The Hall–Kier alpha value is -2.93. The minimum Gasteiger partial charge on any atom is -0.465 e. The van der Waals surface area contributed by atoms with Crippen molar-refractivity contribution in [3.05, 3.63) is 63.8 Å². The topological polar surface area (TPSA) is 81.4 Å². The molecule has 1 atom stereocenters. The van der Waals surface area contributed by atoms with Crippen molar-refractivity contribution >= 4 is 23.2 Å². The van der Waals surface area contributed by atoms with E-state index in [4.69, 9.17) is 9.15 Å². The van der Waals surface area contributed by atoms with Crippen LogP contribution in [-0.2, 0) is 4.74 Å². The number of rotatable bonds is 5. The maximum Gasteiger partial charge on any atom is 0.337 e. The van der Waals surface area contributed by atoms with E-state index in [9.17, 15) is 9.59 Å². The van der Waals surface area contributed by atoms with E-state index in [0.29, 0.717) is 16.9 Å². The lowest BCUT2D eigenvalue weighted by molar-refractivity contribution is 0.0601. The van der Waals surface area contributed by atoms with Crippen LogP contribution >= 0.6 is 11.3 Å². The van der Waals surface area contributed by atoms with Crippen LogP contribution in [0.3, 0.4) is 0 Å². The first kappa shape index (κ1) is 17.9. The molecular formula is C19H18N2O4S. The molecule has 7 heteroatoms. The Morgan fingerprint density at radius 3 is 2.65 bits per heavy atom. The summed E-state index contributed by atoms with van der Waals surface area (Å²) in [6, 6.07) is 8.09. The molecule has 3 rings (SSSR count). The highest BCUT2D eigenvalue weighted by molar-refractivity contribution is 7.09. The van der Waals surface area contributed by atoms with Crippen LogP contribution in [-0.4, -0.2) is 24.0 Å². The number of amides is 1. The van der Waals surface area contributed by atoms with Gasteiger partial charge in [0.25, 0.3) is 5.91 Å². The van der Waals surface area contributed by atoms with E-state index >= 15 is 0 Å². The maximum atomic E-state index is 12.7. The second-order valence-electron chi connectivity index (χ2n) is 5.79. The fourth-order valence-corrected chi connectivity index (χ4v) is 3.30. The number of hydrogen-bond acceptors (Lipinski definition) is 6. The number of methoxy groups -OCH3 is 1. The van der Waals surface area contributed by atoms with Crippen LogP contribution in [0.5, 0.6) is 0 Å². The number of ether oxygens (including phenoxy) is 1. The Morgan fingerprint density at radius 1 is 1.27 bits per heavy atom. The SMILES string of the molecule is COC(=O)c1cc(C(=O)NC(C)c2nc(C)cs2)cc(-c2ccco2)c1. The molecule has 3 aromatic rings. The smallest absolute Gasteiger partial charge is 0.337 e. The predicted molar refractivity (Wildman–Crippen MR) is 98.2 cm³/mol. The van der Waals surface area contributed by atoms with Crippen molar-refractivity contribution in [1.29, 1.82) is 0 Å². The van der Waals surface area contributed by atoms with Gasteiger partial charge in [-0.2, -0.15) is 0 Å². The van der Waals surface area contributed by atoms with E-state index in [1.165, 1.54) is 30.8 Å². The van der Waals surface area contributed by atoms with Crippen LogP contribution in [0.15, 0.2) is 46.4 Å². The van der Waals surface area contributed by atoms with Crippen molar-refractivity contribution in [1.82, 2.24) is 10.3 Å². The van der Waals surface area contributed by atoms with Crippen LogP contribution in [0.2, 0.25) is 0 Å². The molecule has 0 saturated heterocycles. The summed E-state index contributed by atoms with van der Waals surface area (Å²) in [4.78, 5) is 29.1. The van der Waals surface area contributed by atoms with Crippen LogP contribution in [0.25, 0.3) is 11.3 Å². The van der Waals surface area contributed by atoms with Crippen LogP contribution < -0.4 is 5.32 Å². The second kappa shape index (κ2) is 7.53. The number of furan rings is 1. The monoisotopic (exact) mass is 370 g/mol. The number of hydrogen-bond donors (Lipinski definition) is 1. The number of carbonyl (C=O) groups excluding carboxylic acids is 2. The summed E-state index contributed by atoms with van der Waals surface area (Å²) in [7, 11) is 1.30. The molecule has 2 aromatic heterocycles. The van der Waals surface area contributed by atoms with Crippen LogP contribution in [0.1, 0.15) is 44.4 Å². The molecule has 0 aliphatic carbocycles. The van der Waals surface area contributed by atoms with E-state index in [1.807, 2.05) is 19.2 Å². The standard InChI is InChI=1S/C19H18N2O4S/c1-11-10-26-18(20-11)12(2)21-17(22)14-7-13(16-5-4-6-25-16)8-15(9-14)19(23)24-3/h4-10,12H,1-3H3,(H,21,22). The van der Waals surface area contributed by atoms with Gasteiger partial charge >= 0.3 is 5.97 Å². The van der Waals surface area contributed by atoms with Gasteiger partial charge in [-0.3, -0.25) is 4.79 Å². The molecule has 1 amide bonds. The quantitative estimate of drug-likeness (QED) is 0.687. The van der Waals surface area contributed by atoms with E-state index in [1.54, 1.807) is 24.3 Å². The van der Waals surface area contributed by atoms with Gasteiger partial charge in [-0.15, -0.1) is 11.3 Å². The lowest BCUT2D eigenvalue weighted by atomic mass is 10.0. The Kier molecular flexibility index (Phi) is 5.18. The number of carbonyl (C=O) groups is 2. The molecule has 2 heterocycles. The van der Waals surface area contributed by atoms with E-state index in [2.05, 4.69) is 10.3 Å². The minimum absolute atomic E-state index is 0.241. The fraction of sp³-hybridized carbons (Fsp3) is 0.211. The van der Waals surface area contributed by atoms with Crippen molar-refractivity contribution in [2.45, 2.75) is 19.9 Å². The summed E-state index contributed by atoms with van der Waals surface area (Å²) in [6.07, 6.45) is 1.53. The molecular weight excluding hydrogens is 352 g/mol. The van der Waals surface area contributed by atoms with Crippen molar-refractivity contribution in [3.63, 3.8) is 0 Å². The van der Waals surface area contributed by atoms with Crippen molar-refractivity contribution < 1.29 is 18.7 Å². The largest absolute Gasteiger partial charge is 0.465 e. The lowest BCUT2D eigenvalue weighted by Gasteiger charge is -2.13. The molecule has 0 aliphatic heterocycles. The van der Waals surface area contributed by atoms with Gasteiger partial charge in [0.15, 0.2) is 0 Å². The average molecular weight is 370 g/mol. The zero-order valence-corrected chi connectivity index (χ0v) is 15.4. The van der Waals surface area contributed by atoms with E-state index < -0.39 is 5.97 Å². The van der Waals surface area contributed by atoms with Gasteiger partial charge in [0, 0.05) is 22.2 Å². The number of aryl methyl sites for hydroxylation is 1. The normalized spacial score (nSPS) is 11.8. The summed E-state index contributed by atoms with van der Waals surface area (Å²) in [6.45, 7) is 3.78. The number of benzene rings is 1. The molecule has 1 aromatic carbocycles. The van der Waals surface area contributed by atoms with Crippen LogP contribution in [0, 0.1) is 6.92 Å². The lowest BCUT2D eigenvalue weighted by Crippen LogP contribution is -2.27. The Labute approximate surface area is 154 Å². The first-order chi connectivity index (χ1) is 12.5. The highest BCUT2D eigenvalue weighted by Crippen LogP contribution is 2.24. The van der Waals surface area contributed by atoms with Crippen molar-refractivity contribution in [2.24, 2.45) is 0 Å². The maximum absolute atomic E-state index is 12.7. The molecule has 6 nitrogen and oxygen atoms in total. The molecule has 26 heavy (non-hydrogen) atoms. The third-order valence-electron chi connectivity index (χ3n) is 3.78. The number of thiazole rings is 1. The Balaban J connectivity index is 1.91. The van der Waals surface area contributed by atoms with E-state index in [-0.39, 0.29) is 17.5 Å². The van der Waals surface area contributed by atoms with Crippen molar-refractivity contribution in [2.75, 3.05) is 7.11 Å². The highest BCUT2D eigenvalue weighted by atomic mass is 32.1. The predicted octanol–water partition coefficient (Wildman–Crippen LogP) is 3.99. The van der Waals surface area contributed by atoms with Gasteiger partial charge in [0.2, 0.25) is 0 Å².